The number of hydrogen-bond donors (Lipinski definition) is 3. The van der Waals surface area contributed by atoms with E-state index in [2.05, 4.69) is 16.0 Å². The minimum atomic E-state index is -4.42. The monoisotopic (exact) mass is 388 g/mol. The van der Waals surface area contributed by atoms with Gasteiger partial charge in [0.05, 0.1) is 24.8 Å². The molecule has 0 radical (unpaired) electrons. The molecule has 1 atom stereocenters. The average molecular weight is 388 g/mol. The number of morpholine rings is 1. The molecule has 1 saturated heterocycles. The molecule has 1 unspecified atom stereocenters. The molecule has 1 aliphatic rings. The van der Waals surface area contributed by atoms with Crippen molar-refractivity contribution in [3.8, 4) is 0 Å². The molecule has 1 aromatic carbocycles. The van der Waals surface area contributed by atoms with Crippen LogP contribution in [0.3, 0.4) is 0 Å². The van der Waals surface area contributed by atoms with Crippen LogP contribution < -0.4 is 16.0 Å². The van der Waals surface area contributed by atoms with Gasteiger partial charge in [0.1, 0.15) is 0 Å². The standard InChI is InChI=1S/C17H23F3N4O3/c1-21-15(25)23-10-13-11-24(8-9-27-13)16(26)22-7-6-12-4-2-3-5-14(12)17(18,19)20/h2-5,13H,6-11H2,1H3,(H,22,26)(H2,21,23,25). The van der Waals surface area contributed by atoms with Crippen molar-refractivity contribution in [2.45, 2.75) is 18.7 Å². The van der Waals surface area contributed by atoms with Gasteiger partial charge in [-0.3, -0.25) is 0 Å². The Labute approximate surface area is 155 Å². The van der Waals surface area contributed by atoms with Gasteiger partial charge in [-0.05, 0) is 18.1 Å². The number of nitrogens with zero attached hydrogens (tertiary/aromatic N) is 1. The molecule has 0 spiro atoms. The third-order valence-electron chi connectivity index (χ3n) is 4.14. The van der Waals surface area contributed by atoms with E-state index in [1.807, 2.05) is 0 Å². The van der Waals surface area contributed by atoms with E-state index in [4.69, 9.17) is 4.74 Å². The molecule has 0 bridgehead atoms. The van der Waals surface area contributed by atoms with Crippen molar-refractivity contribution < 1.29 is 27.5 Å². The largest absolute Gasteiger partial charge is 0.416 e. The molecule has 2 rings (SSSR count). The maximum atomic E-state index is 13.0. The molecular weight excluding hydrogens is 365 g/mol. The third-order valence-corrected chi connectivity index (χ3v) is 4.14. The van der Waals surface area contributed by atoms with Crippen molar-refractivity contribution in [1.82, 2.24) is 20.9 Å². The van der Waals surface area contributed by atoms with E-state index in [1.54, 1.807) is 6.07 Å². The SMILES string of the molecule is CNC(=O)NCC1CN(C(=O)NCCc2ccccc2C(F)(F)F)CCO1. The lowest BCUT2D eigenvalue weighted by Gasteiger charge is -2.33. The van der Waals surface area contributed by atoms with E-state index in [9.17, 15) is 22.8 Å². The summed E-state index contributed by atoms with van der Waals surface area (Å²) in [6, 6.07) is 4.61. The molecule has 3 N–H and O–H groups in total. The predicted octanol–water partition coefficient (Wildman–Crippen LogP) is 1.59. The Kier molecular flexibility index (Phi) is 7.28. The van der Waals surface area contributed by atoms with Gasteiger partial charge in [-0.15, -0.1) is 0 Å². The van der Waals surface area contributed by atoms with E-state index in [0.717, 1.165) is 6.07 Å². The maximum absolute atomic E-state index is 13.0. The van der Waals surface area contributed by atoms with Crippen LogP contribution in [0.2, 0.25) is 0 Å². The minimum Gasteiger partial charge on any atom is -0.373 e. The Morgan fingerprint density at radius 3 is 2.70 bits per heavy atom. The highest BCUT2D eigenvalue weighted by Gasteiger charge is 2.32. The van der Waals surface area contributed by atoms with Crippen LogP contribution in [-0.2, 0) is 17.3 Å². The minimum absolute atomic E-state index is 0.0768. The van der Waals surface area contributed by atoms with Gasteiger partial charge < -0.3 is 25.6 Å². The molecule has 1 aromatic rings. The number of ether oxygens (including phenoxy) is 1. The van der Waals surface area contributed by atoms with Crippen LogP contribution in [0.15, 0.2) is 24.3 Å². The fourth-order valence-corrected chi connectivity index (χ4v) is 2.75. The summed E-state index contributed by atoms with van der Waals surface area (Å²) in [5, 5.41) is 7.67. The average Bonchev–Trinajstić information content (AvgIpc) is 2.65. The van der Waals surface area contributed by atoms with Gasteiger partial charge in [0.25, 0.3) is 0 Å². The molecule has 0 aliphatic carbocycles. The summed E-state index contributed by atoms with van der Waals surface area (Å²) in [4.78, 5) is 25.0. The molecule has 27 heavy (non-hydrogen) atoms. The van der Waals surface area contributed by atoms with Crippen molar-refractivity contribution >= 4 is 12.1 Å². The van der Waals surface area contributed by atoms with Crippen molar-refractivity contribution in [3.05, 3.63) is 35.4 Å². The summed E-state index contributed by atoms with van der Waals surface area (Å²) in [7, 11) is 1.49. The van der Waals surface area contributed by atoms with Gasteiger partial charge in [0, 0.05) is 26.7 Å². The van der Waals surface area contributed by atoms with E-state index in [-0.39, 0.29) is 49.8 Å². The predicted molar refractivity (Wildman–Crippen MR) is 92.3 cm³/mol. The normalized spacial score (nSPS) is 17.3. The van der Waals surface area contributed by atoms with Gasteiger partial charge in [-0.2, -0.15) is 13.2 Å². The van der Waals surface area contributed by atoms with Gasteiger partial charge in [0.2, 0.25) is 0 Å². The molecule has 150 valence electrons. The molecule has 7 nitrogen and oxygen atoms in total. The third kappa shape index (κ3) is 6.31. The zero-order valence-corrected chi connectivity index (χ0v) is 14.9. The summed E-state index contributed by atoms with van der Waals surface area (Å²) in [6.45, 7) is 1.33. The van der Waals surface area contributed by atoms with Gasteiger partial charge in [-0.25, -0.2) is 9.59 Å². The molecule has 4 amide bonds. The number of alkyl halides is 3. The molecule has 0 saturated carbocycles. The molecule has 0 aromatic heterocycles. The summed E-state index contributed by atoms with van der Waals surface area (Å²) >= 11 is 0. The number of carbonyl (C=O) groups is 2. The van der Waals surface area contributed by atoms with Crippen molar-refractivity contribution in [3.63, 3.8) is 0 Å². The summed E-state index contributed by atoms with van der Waals surface area (Å²) in [5.41, 5.74) is -0.550. The van der Waals surface area contributed by atoms with Crippen LogP contribution >= 0.6 is 0 Å². The second-order valence-electron chi connectivity index (χ2n) is 6.04. The van der Waals surface area contributed by atoms with Crippen LogP contribution in [0, 0.1) is 0 Å². The second-order valence-corrected chi connectivity index (χ2v) is 6.04. The first kappa shape index (κ1) is 20.8. The molecule has 10 heteroatoms. The lowest BCUT2D eigenvalue weighted by Crippen LogP contribution is -2.53. The number of rotatable bonds is 5. The Morgan fingerprint density at radius 2 is 2.00 bits per heavy atom. The van der Waals surface area contributed by atoms with Crippen molar-refractivity contribution in [1.29, 1.82) is 0 Å². The molecule has 1 aliphatic heterocycles. The fourth-order valence-electron chi connectivity index (χ4n) is 2.75. The van der Waals surface area contributed by atoms with E-state index >= 15 is 0 Å². The Balaban J connectivity index is 1.81. The first-order valence-corrected chi connectivity index (χ1v) is 8.56. The Morgan fingerprint density at radius 1 is 1.26 bits per heavy atom. The van der Waals surface area contributed by atoms with Crippen LogP contribution in [-0.4, -0.2) is 62.9 Å². The number of hydrogen-bond acceptors (Lipinski definition) is 3. The zero-order valence-electron chi connectivity index (χ0n) is 14.9. The number of urea groups is 2. The highest BCUT2D eigenvalue weighted by Crippen LogP contribution is 2.31. The van der Waals surface area contributed by atoms with E-state index < -0.39 is 11.7 Å². The highest BCUT2D eigenvalue weighted by molar-refractivity contribution is 5.74. The van der Waals surface area contributed by atoms with E-state index in [0.29, 0.717) is 13.2 Å². The first-order chi connectivity index (χ1) is 12.8. The Hall–Kier alpha value is -2.49. The molecule has 1 fully saturated rings. The smallest absolute Gasteiger partial charge is 0.373 e. The van der Waals surface area contributed by atoms with Crippen LogP contribution in [0.5, 0.6) is 0 Å². The van der Waals surface area contributed by atoms with Crippen molar-refractivity contribution in [2.75, 3.05) is 39.8 Å². The lowest BCUT2D eigenvalue weighted by atomic mass is 10.0. The number of amides is 4. The fraction of sp³-hybridized carbons (Fsp3) is 0.529. The van der Waals surface area contributed by atoms with Crippen LogP contribution in [0.25, 0.3) is 0 Å². The van der Waals surface area contributed by atoms with Crippen LogP contribution in [0.1, 0.15) is 11.1 Å². The van der Waals surface area contributed by atoms with Crippen molar-refractivity contribution in [2.24, 2.45) is 0 Å². The molecular formula is C17H23F3N4O3. The van der Waals surface area contributed by atoms with E-state index in [1.165, 1.54) is 24.1 Å². The van der Waals surface area contributed by atoms with Gasteiger partial charge in [-0.1, -0.05) is 18.2 Å². The number of benzene rings is 1. The van der Waals surface area contributed by atoms with Gasteiger partial charge >= 0.3 is 18.2 Å². The number of carbonyl (C=O) groups excluding carboxylic acids is 2. The number of halogens is 3. The zero-order chi connectivity index (χ0) is 19.9. The maximum Gasteiger partial charge on any atom is 0.416 e. The quantitative estimate of drug-likeness (QED) is 0.716. The highest BCUT2D eigenvalue weighted by atomic mass is 19.4. The second kappa shape index (κ2) is 9.45. The first-order valence-electron chi connectivity index (χ1n) is 8.56. The summed E-state index contributed by atoms with van der Waals surface area (Å²) in [5.74, 6) is 0. The summed E-state index contributed by atoms with van der Waals surface area (Å²) in [6.07, 6.45) is -4.68. The molecule has 1 heterocycles. The number of nitrogens with one attached hydrogen (secondary N) is 3. The van der Waals surface area contributed by atoms with Gasteiger partial charge in [0.15, 0.2) is 0 Å². The lowest BCUT2D eigenvalue weighted by molar-refractivity contribution is -0.138. The Bertz CT molecular complexity index is 655. The summed E-state index contributed by atoms with van der Waals surface area (Å²) < 4.78 is 44.4. The van der Waals surface area contributed by atoms with Crippen LogP contribution in [0.4, 0.5) is 22.8 Å². The topological polar surface area (TPSA) is 82.7 Å².